The highest BCUT2D eigenvalue weighted by Gasteiger charge is 2.10. The minimum Gasteiger partial charge on any atom is -0.402 e. The Morgan fingerprint density at radius 2 is 2.04 bits per heavy atom. The van der Waals surface area contributed by atoms with E-state index < -0.39 is 0 Å². The average Bonchev–Trinajstić information content (AvgIpc) is 2.92. The number of nitrogens with zero attached hydrogens (tertiary/aromatic N) is 3. The number of para-hydroxylation sites is 1. The minimum absolute atomic E-state index is 0.450. The maximum atomic E-state index is 7.80. The van der Waals surface area contributed by atoms with Crippen LogP contribution >= 0.6 is 12.2 Å². The number of benzene rings is 1. The zero-order valence-corrected chi connectivity index (χ0v) is 13.9. The Labute approximate surface area is 138 Å². The summed E-state index contributed by atoms with van der Waals surface area (Å²) >= 11 is 5.33. The summed E-state index contributed by atoms with van der Waals surface area (Å²) in [4.78, 5) is 9.07. The predicted octanol–water partition coefficient (Wildman–Crippen LogP) is 3.15. The zero-order chi connectivity index (χ0) is 16.6. The van der Waals surface area contributed by atoms with E-state index in [1.807, 2.05) is 31.2 Å². The molecule has 7 heteroatoms. The first kappa shape index (κ1) is 15.4. The summed E-state index contributed by atoms with van der Waals surface area (Å²) < 4.78 is 2.18. The summed E-state index contributed by atoms with van der Waals surface area (Å²) in [6, 6.07) is 7.80. The van der Waals surface area contributed by atoms with Crippen LogP contribution in [0.4, 0.5) is 0 Å². The second-order valence-corrected chi connectivity index (χ2v) is 5.89. The number of H-pyrrole nitrogens is 1. The van der Waals surface area contributed by atoms with E-state index in [1.54, 1.807) is 11.4 Å². The number of nitrogens with two attached hydrogens (primary N) is 1. The van der Waals surface area contributed by atoms with E-state index in [4.69, 9.17) is 23.4 Å². The lowest BCUT2D eigenvalue weighted by atomic mass is 10.0. The average molecular weight is 326 g/mol. The van der Waals surface area contributed by atoms with Crippen LogP contribution in [0.3, 0.4) is 0 Å². The number of aryl methyl sites for hydroxylation is 1. The van der Waals surface area contributed by atoms with E-state index >= 15 is 0 Å². The van der Waals surface area contributed by atoms with Gasteiger partial charge in [0.15, 0.2) is 5.65 Å². The van der Waals surface area contributed by atoms with Crippen LogP contribution in [0.2, 0.25) is 0 Å². The van der Waals surface area contributed by atoms with Gasteiger partial charge in [0.1, 0.15) is 5.82 Å². The van der Waals surface area contributed by atoms with Crippen molar-refractivity contribution in [1.29, 1.82) is 5.41 Å². The summed E-state index contributed by atoms with van der Waals surface area (Å²) in [6.45, 7) is 3.57. The molecule has 0 spiro atoms. The zero-order valence-electron chi connectivity index (χ0n) is 13.1. The third kappa shape index (κ3) is 2.87. The first-order valence-corrected chi connectivity index (χ1v) is 7.75. The van der Waals surface area contributed by atoms with Gasteiger partial charge in [-0.05, 0) is 50.2 Å². The van der Waals surface area contributed by atoms with Crippen LogP contribution in [0.1, 0.15) is 26.1 Å². The van der Waals surface area contributed by atoms with Crippen LogP contribution in [0.15, 0.2) is 35.5 Å². The van der Waals surface area contributed by atoms with Crippen molar-refractivity contribution < 1.29 is 0 Å². The Morgan fingerprint density at radius 3 is 2.74 bits per heavy atom. The van der Waals surface area contributed by atoms with Crippen molar-refractivity contribution >= 4 is 34.5 Å². The van der Waals surface area contributed by atoms with Crippen LogP contribution in [-0.4, -0.2) is 25.3 Å². The third-order valence-corrected chi connectivity index (χ3v) is 4.06. The lowest BCUT2D eigenvalue weighted by molar-refractivity contribution is 0.823. The van der Waals surface area contributed by atoms with E-state index in [0.717, 1.165) is 27.9 Å². The number of hydrogen-bond donors (Lipinski definition) is 3. The maximum Gasteiger partial charge on any atom is 0.221 e. The molecule has 0 bridgehead atoms. The Morgan fingerprint density at radius 1 is 1.30 bits per heavy atom. The van der Waals surface area contributed by atoms with Gasteiger partial charge >= 0.3 is 0 Å². The second kappa shape index (κ2) is 5.92. The molecule has 2 heterocycles. The van der Waals surface area contributed by atoms with Gasteiger partial charge in [-0.2, -0.15) is 0 Å². The summed E-state index contributed by atoms with van der Waals surface area (Å²) in [5.74, 6) is 0.800. The molecule has 118 valence electrons. The standard InChI is InChI=1S/C16H18N6S/c1-9(17)11(10(2)18)7-8-14-20-15-12-5-3-4-6-13(12)19-16(23)22(15)21-14/h3-6,17H,7-8,18H2,1-2H3,(H,20,21). The van der Waals surface area contributed by atoms with Gasteiger partial charge in [0.25, 0.3) is 0 Å². The molecular formula is C16H18N6S. The molecular weight excluding hydrogens is 308 g/mol. The van der Waals surface area contributed by atoms with Gasteiger partial charge in [-0.3, -0.25) is 5.10 Å². The van der Waals surface area contributed by atoms with Crippen molar-refractivity contribution in [2.75, 3.05) is 0 Å². The number of aromatic nitrogens is 4. The van der Waals surface area contributed by atoms with E-state index in [-0.39, 0.29) is 0 Å². The van der Waals surface area contributed by atoms with Gasteiger partial charge in [-0.15, -0.1) is 0 Å². The molecule has 0 atom stereocenters. The van der Waals surface area contributed by atoms with Gasteiger partial charge in [0.2, 0.25) is 4.77 Å². The molecule has 2 aromatic heterocycles. The van der Waals surface area contributed by atoms with Crippen LogP contribution in [0.5, 0.6) is 0 Å². The molecule has 0 amide bonds. The first-order chi connectivity index (χ1) is 11.0. The maximum absolute atomic E-state index is 7.80. The fraction of sp³-hybridized carbons (Fsp3) is 0.250. The predicted molar refractivity (Wildman–Crippen MR) is 94.3 cm³/mol. The number of aromatic amines is 1. The van der Waals surface area contributed by atoms with Gasteiger partial charge in [-0.25, -0.2) is 14.5 Å². The number of allylic oxidation sites excluding steroid dienone is 2. The molecule has 3 aromatic rings. The van der Waals surface area contributed by atoms with Gasteiger partial charge < -0.3 is 11.1 Å². The summed E-state index contributed by atoms with van der Waals surface area (Å²) in [7, 11) is 0. The van der Waals surface area contributed by atoms with Crippen LogP contribution in [-0.2, 0) is 6.42 Å². The molecule has 6 nitrogen and oxygen atoms in total. The monoisotopic (exact) mass is 326 g/mol. The van der Waals surface area contributed by atoms with Crippen molar-refractivity contribution in [2.24, 2.45) is 5.73 Å². The topological polar surface area (TPSA) is 95.9 Å². The molecule has 4 N–H and O–H groups in total. The molecule has 0 fully saturated rings. The highest BCUT2D eigenvalue weighted by Crippen LogP contribution is 2.18. The van der Waals surface area contributed by atoms with Crippen LogP contribution in [0.25, 0.3) is 16.6 Å². The van der Waals surface area contributed by atoms with E-state index in [1.165, 1.54) is 0 Å². The Bertz CT molecular complexity index is 991. The van der Waals surface area contributed by atoms with E-state index in [2.05, 4.69) is 15.1 Å². The molecule has 0 aliphatic carbocycles. The second-order valence-electron chi connectivity index (χ2n) is 5.53. The molecule has 3 rings (SSSR count). The molecule has 23 heavy (non-hydrogen) atoms. The van der Waals surface area contributed by atoms with Crippen molar-refractivity contribution in [1.82, 2.24) is 19.6 Å². The Balaban J connectivity index is 2.02. The largest absolute Gasteiger partial charge is 0.402 e. The number of rotatable bonds is 4. The van der Waals surface area contributed by atoms with Crippen molar-refractivity contribution in [3.05, 3.63) is 46.1 Å². The quantitative estimate of drug-likeness (QED) is 0.507. The molecule has 1 aromatic carbocycles. The van der Waals surface area contributed by atoms with Crippen molar-refractivity contribution in [3.8, 4) is 0 Å². The smallest absolute Gasteiger partial charge is 0.221 e. The summed E-state index contributed by atoms with van der Waals surface area (Å²) in [5, 5.41) is 11.9. The highest BCUT2D eigenvalue weighted by molar-refractivity contribution is 7.71. The van der Waals surface area contributed by atoms with Crippen LogP contribution < -0.4 is 5.73 Å². The van der Waals surface area contributed by atoms with Gasteiger partial charge in [0.05, 0.1) is 5.52 Å². The molecule has 0 aliphatic heterocycles. The normalized spacial score (nSPS) is 12.6. The lowest BCUT2D eigenvalue weighted by Crippen LogP contribution is -2.07. The summed E-state index contributed by atoms with van der Waals surface area (Å²) in [6.07, 6.45) is 1.32. The van der Waals surface area contributed by atoms with Crippen LogP contribution in [0, 0.1) is 10.2 Å². The van der Waals surface area contributed by atoms with E-state index in [9.17, 15) is 0 Å². The molecule has 0 saturated heterocycles. The Kier molecular flexibility index (Phi) is 3.96. The molecule has 0 unspecified atom stereocenters. The summed E-state index contributed by atoms with van der Waals surface area (Å²) in [5.41, 5.74) is 9.49. The number of nitrogens with one attached hydrogen (secondary N) is 2. The molecule has 0 aliphatic rings. The molecule has 0 saturated carbocycles. The number of hydrogen-bond acceptors (Lipinski definition) is 5. The fourth-order valence-corrected chi connectivity index (χ4v) is 2.88. The first-order valence-electron chi connectivity index (χ1n) is 7.34. The SMILES string of the molecule is CC(=N)C(CCc1nc2c3ccccc3nc(=S)n2[nH]1)=C(C)N. The molecule has 0 radical (unpaired) electrons. The third-order valence-electron chi connectivity index (χ3n) is 3.79. The Hall–Kier alpha value is -2.54. The lowest BCUT2D eigenvalue weighted by Gasteiger charge is -2.06. The van der Waals surface area contributed by atoms with Crippen molar-refractivity contribution in [3.63, 3.8) is 0 Å². The van der Waals surface area contributed by atoms with Crippen molar-refractivity contribution in [2.45, 2.75) is 26.7 Å². The fourth-order valence-electron chi connectivity index (χ4n) is 2.65. The highest BCUT2D eigenvalue weighted by atomic mass is 32.1. The minimum atomic E-state index is 0.450. The van der Waals surface area contributed by atoms with Gasteiger partial charge in [0, 0.05) is 23.2 Å². The number of fused-ring (bicyclic) bond motifs is 3. The van der Waals surface area contributed by atoms with Gasteiger partial charge in [-0.1, -0.05) is 12.1 Å². The van der Waals surface area contributed by atoms with E-state index in [0.29, 0.717) is 29.0 Å².